The quantitative estimate of drug-likeness (QED) is 0.654. The minimum Gasteiger partial charge on any atom is -0.481 e. The zero-order valence-corrected chi connectivity index (χ0v) is 8.64. The summed E-state index contributed by atoms with van der Waals surface area (Å²) in [5.41, 5.74) is 1.29. The summed E-state index contributed by atoms with van der Waals surface area (Å²) >= 11 is -1.42. The average Bonchev–Trinajstić information content (AvgIpc) is 2.16. The molecule has 0 fully saturated rings. The topological polar surface area (TPSA) is 18.5 Å². The van der Waals surface area contributed by atoms with Crippen molar-refractivity contribution in [3.8, 4) is 0 Å². The Kier molecular flexibility index (Phi) is 4.34. The molecule has 64 valence electrons. The second-order valence-electron chi connectivity index (χ2n) is 2.59. The van der Waals surface area contributed by atoms with Crippen LogP contribution in [0.5, 0.6) is 0 Å². The van der Waals surface area contributed by atoms with Crippen LogP contribution < -0.4 is 0 Å². The first-order chi connectivity index (χ1) is 5.86. The molecule has 0 heterocycles. The van der Waals surface area contributed by atoms with E-state index in [1.807, 2.05) is 18.2 Å². The summed E-state index contributed by atoms with van der Waals surface area (Å²) in [6, 6.07) is 10.3. The third-order valence-electron chi connectivity index (χ3n) is 1.77. The van der Waals surface area contributed by atoms with Gasteiger partial charge in [-0.3, -0.25) is 0 Å². The molecule has 0 aliphatic rings. The maximum atomic E-state index is 5.22. The van der Waals surface area contributed by atoms with E-state index >= 15 is 0 Å². The van der Waals surface area contributed by atoms with Gasteiger partial charge in [-0.25, -0.2) is 0 Å². The van der Waals surface area contributed by atoms with Gasteiger partial charge in [0.25, 0.3) is 0 Å². The number of rotatable bonds is 4. The van der Waals surface area contributed by atoms with Gasteiger partial charge in [-0.15, -0.1) is 0 Å². The van der Waals surface area contributed by atoms with Gasteiger partial charge < -0.3 is 7.58 Å². The van der Waals surface area contributed by atoms with E-state index < -0.39 is 14.8 Å². The van der Waals surface area contributed by atoms with Gasteiger partial charge in [0.2, 0.25) is 0 Å². The standard InChI is InChI=1S/C7H7.2CH3O.Al/c1-7-5-3-2-4-6-7;2*1-2;/h2-6H,1H2;2*1H3;/q;2*-1;+2. The van der Waals surface area contributed by atoms with Crippen LogP contribution in [0.3, 0.4) is 0 Å². The van der Waals surface area contributed by atoms with E-state index in [-0.39, 0.29) is 0 Å². The lowest BCUT2D eigenvalue weighted by atomic mass is 10.2. The summed E-state index contributed by atoms with van der Waals surface area (Å²) in [5.74, 6) is 0. The maximum Gasteiger partial charge on any atom is 0.679 e. The molecule has 2 nitrogen and oxygen atoms in total. The van der Waals surface area contributed by atoms with E-state index in [1.54, 1.807) is 14.2 Å². The van der Waals surface area contributed by atoms with Gasteiger partial charge in [0.15, 0.2) is 0 Å². The molecule has 0 spiro atoms. The van der Waals surface area contributed by atoms with E-state index in [0.29, 0.717) is 0 Å². The van der Waals surface area contributed by atoms with E-state index in [9.17, 15) is 0 Å². The van der Waals surface area contributed by atoms with Gasteiger partial charge in [0.1, 0.15) is 0 Å². The molecule has 1 rings (SSSR count). The molecule has 0 saturated heterocycles. The molecule has 0 saturated carbocycles. The Labute approximate surface area is 78.2 Å². The minimum absolute atomic E-state index is 0.938. The summed E-state index contributed by atoms with van der Waals surface area (Å²) in [7, 11) is 3.42. The highest BCUT2D eigenvalue weighted by Crippen LogP contribution is 2.02. The van der Waals surface area contributed by atoms with Crippen LogP contribution in [0.4, 0.5) is 0 Å². The monoisotopic (exact) mass is 180 g/mol. The largest absolute Gasteiger partial charge is 0.679 e. The maximum absolute atomic E-state index is 5.22. The Hall–Kier alpha value is -0.328. The molecule has 3 heteroatoms. The third-order valence-corrected chi connectivity index (χ3v) is 3.63. The normalized spacial score (nSPS) is 9.83. The van der Waals surface area contributed by atoms with Gasteiger partial charge in [0.05, 0.1) is 0 Å². The first-order valence-corrected chi connectivity index (χ1v) is 5.72. The average molecular weight is 180 g/mol. The molecule has 0 aliphatic carbocycles. The molecule has 1 aromatic rings. The predicted molar refractivity (Wildman–Crippen MR) is 49.9 cm³/mol. The molecule has 0 aliphatic heterocycles. The van der Waals surface area contributed by atoms with Crippen molar-refractivity contribution in [2.24, 2.45) is 0 Å². The van der Waals surface area contributed by atoms with Crippen molar-refractivity contribution >= 4 is 14.8 Å². The van der Waals surface area contributed by atoms with Crippen molar-refractivity contribution in [3.63, 3.8) is 0 Å². The molecule has 1 aromatic carbocycles. The summed E-state index contributed by atoms with van der Waals surface area (Å²) < 4.78 is 10.4. The highest BCUT2D eigenvalue weighted by Gasteiger charge is 2.21. The van der Waals surface area contributed by atoms with Crippen LogP contribution in [0.2, 0.25) is 0 Å². The number of hydrogen-bond acceptors (Lipinski definition) is 2. The summed E-state index contributed by atoms with van der Waals surface area (Å²) in [4.78, 5) is 0. The minimum atomic E-state index is -1.42. The molecule has 0 bridgehead atoms. The molecule has 0 aromatic heterocycles. The van der Waals surface area contributed by atoms with Crippen molar-refractivity contribution in [1.82, 2.24) is 0 Å². The Morgan fingerprint density at radius 3 is 2.17 bits per heavy atom. The number of hydrogen-bond donors (Lipinski definition) is 0. The molecule has 0 radical (unpaired) electrons. The molecule has 0 unspecified atom stereocenters. The fourth-order valence-corrected chi connectivity index (χ4v) is 2.25. The Bertz CT molecular complexity index is 209. The lowest BCUT2D eigenvalue weighted by Crippen LogP contribution is -2.22. The zero-order chi connectivity index (χ0) is 8.81. The van der Waals surface area contributed by atoms with Gasteiger partial charge >= 0.3 is 14.8 Å². The van der Waals surface area contributed by atoms with Crippen molar-refractivity contribution in [3.05, 3.63) is 35.9 Å². The molecular weight excluding hydrogens is 167 g/mol. The fraction of sp³-hybridized carbons (Fsp3) is 0.333. The fourth-order valence-electron chi connectivity index (χ4n) is 1.07. The van der Waals surface area contributed by atoms with Crippen LogP contribution in [0.1, 0.15) is 5.56 Å². The second kappa shape index (κ2) is 5.34. The van der Waals surface area contributed by atoms with E-state index in [1.165, 1.54) is 5.56 Å². The zero-order valence-electron chi connectivity index (χ0n) is 7.49. The highest BCUT2D eigenvalue weighted by atomic mass is 27.2. The van der Waals surface area contributed by atoms with Gasteiger partial charge in [-0.05, 0) is 5.28 Å². The van der Waals surface area contributed by atoms with Crippen molar-refractivity contribution in [1.29, 1.82) is 0 Å². The lowest BCUT2D eigenvalue weighted by Gasteiger charge is -2.05. The van der Waals surface area contributed by atoms with Crippen LogP contribution >= 0.6 is 0 Å². The second-order valence-corrected chi connectivity index (χ2v) is 4.80. The van der Waals surface area contributed by atoms with Crippen molar-refractivity contribution in [2.45, 2.75) is 5.28 Å². The molecule has 0 atom stereocenters. The van der Waals surface area contributed by atoms with Gasteiger partial charge in [-0.2, -0.15) is 0 Å². The van der Waals surface area contributed by atoms with Crippen LogP contribution in [-0.2, 0) is 12.9 Å². The molecular formula is C9H13AlO2. The lowest BCUT2D eigenvalue weighted by molar-refractivity contribution is 0.277. The van der Waals surface area contributed by atoms with Crippen LogP contribution in [0, 0.1) is 0 Å². The SMILES string of the molecule is C[O][Al]([CH2]c1ccccc1)[O]C. The number of benzene rings is 1. The molecule has 0 amide bonds. The summed E-state index contributed by atoms with van der Waals surface area (Å²) in [6.45, 7) is 0. The van der Waals surface area contributed by atoms with E-state index in [2.05, 4.69) is 12.1 Å². The molecule has 12 heavy (non-hydrogen) atoms. The third kappa shape index (κ3) is 2.96. The summed E-state index contributed by atoms with van der Waals surface area (Å²) in [5, 5.41) is 0.938. The molecule has 0 N–H and O–H groups in total. The van der Waals surface area contributed by atoms with E-state index in [4.69, 9.17) is 7.58 Å². The summed E-state index contributed by atoms with van der Waals surface area (Å²) in [6.07, 6.45) is 0. The highest BCUT2D eigenvalue weighted by molar-refractivity contribution is 6.43. The first kappa shape index (κ1) is 9.76. The van der Waals surface area contributed by atoms with Crippen LogP contribution in [0.15, 0.2) is 30.3 Å². The Morgan fingerprint density at radius 2 is 1.67 bits per heavy atom. The van der Waals surface area contributed by atoms with Gasteiger partial charge in [0, 0.05) is 14.2 Å². The van der Waals surface area contributed by atoms with Crippen LogP contribution in [0.25, 0.3) is 0 Å². The van der Waals surface area contributed by atoms with E-state index in [0.717, 1.165) is 5.28 Å². The van der Waals surface area contributed by atoms with Gasteiger partial charge in [-0.1, -0.05) is 35.9 Å². The smallest absolute Gasteiger partial charge is 0.481 e. The Morgan fingerprint density at radius 1 is 1.08 bits per heavy atom. The Balaban J connectivity index is 2.51. The first-order valence-electron chi connectivity index (χ1n) is 3.96. The van der Waals surface area contributed by atoms with Crippen molar-refractivity contribution < 1.29 is 7.58 Å². The van der Waals surface area contributed by atoms with Crippen LogP contribution in [-0.4, -0.2) is 29.0 Å². The van der Waals surface area contributed by atoms with Crippen molar-refractivity contribution in [2.75, 3.05) is 14.2 Å². The predicted octanol–water partition coefficient (Wildman–Crippen LogP) is 1.55.